The van der Waals surface area contributed by atoms with Crippen molar-refractivity contribution < 1.29 is 9.59 Å². The van der Waals surface area contributed by atoms with Crippen molar-refractivity contribution >= 4 is 23.4 Å². The van der Waals surface area contributed by atoms with E-state index in [1.54, 1.807) is 17.0 Å². The topological polar surface area (TPSA) is 74.3 Å². The Morgan fingerprint density at radius 3 is 3.00 bits per heavy atom. The summed E-state index contributed by atoms with van der Waals surface area (Å²) in [6.45, 7) is 3.98. The molecule has 2 amide bonds. The maximum absolute atomic E-state index is 12.4. The minimum atomic E-state index is -0.506. The third-order valence-corrected chi connectivity index (χ3v) is 3.33. The minimum absolute atomic E-state index is 0.151. The highest BCUT2D eigenvalue weighted by molar-refractivity contribution is 6.30. The second-order valence-corrected chi connectivity index (χ2v) is 4.91. The summed E-state index contributed by atoms with van der Waals surface area (Å²) in [5.74, 6) is -0.401. The van der Waals surface area contributed by atoms with Crippen LogP contribution in [0.4, 0.5) is 0 Å². The number of nitrogens with zero attached hydrogens (tertiary/aromatic N) is 2. The number of amides is 2. The monoisotopic (exact) mass is 296 g/mol. The summed E-state index contributed by atoms with van der Waals surface area (Å²) in [5, 5.41) is 6.34. The first-order valence-corrected chi connectivity index (χ1v) is 6.92. The highest BCUT2D eigenvalue weighted by Gasteiger charge is 2.32. The Kier molecular flexibility index (Phi) is 4.92. The molecule has 0 aromatic carbocycles. The van der Waals surface area contributed by atoms with E-state index in [4.69, 9.17) is 11.6 Å². The van der Waals surface area contributed by atoms with Crippen LogP contribution in [-0.2, 0) is 4.79 Å². The molecule has 0 spiro atoms. The van der Waals surface area contributed by atoms with Crippen molar-refractivity contribution in [3.05, 3.63) is 29.0 Å². The maximum Gasteiger partial charge on any atom is 0.273 e. The van der Waals surface area contributed by atoms with Gasteiger partial charge in [0, 0.05) is 32.4 Å². The molecule has 0 saturated carbocycles. The van der Waals surface area contributed by atoms with Crippen LogP contribution in [-0.4, -0.2) is 53.9 Å². The van der Waals surface area contributed by atoms with Crippen molar-refractivity contribution in [3.63, 3.8) is 0 Å². The third kappa shape index (κ3) is 3.26. The van der Waals surface area contributed by atoms with Crippen LogP contribution in [0.25, 0.3) is 0 Å². The maximum atomic E-state index is 12.4. The van der Waals surface area contributed by atoms with E-state index in [-0.39, 0.29) is 11.8 Å². The van der Waals surface area contributed by atoms with Crippen LogP contribution < -0.4 is 10.6 Å². The number of carbonyl (C=O) groups is 2. The van der Waals surface area contributed by atoms with Crippen LogP contribution in [0.2, 0.25) is 5.02 Å². The lowest BCUT2D eigenvalue weighted by atomic mass is 10.1. The first kappa shape index (κ1) is 14.7. The Bertz CT molecular complexity index is 492. The van der Waals surface area contributed by atoms with Crippen LogP contribution in [0.3, 0.4) is 0 Å². The Labute approximate surface area is 122 Å². The highest BCUT2D eigenvalue weighted by atomic mass is 35.5. The SMILES string of the molecule is CCNC(=O)C1CNCCN1C(=O)c1ccc(Cl)cn1. The second kappa shape index (κ2) is 6.67. The Balaban J connectivity index is 2.16. The van der Waals surface area contributed by atoms with E-state index in [0.29, 0.717) is 36.9 Å². The highest BCUT2D eigenvalue weighted by Crippen LogP contribution is 2.12. The number of piperazine rings is 1. The average Bonchev–Trinajstić information content (AvgIpc) is 2.47. The molecule has 1 saturated heterocycles. The predicted molar refractivity (Wildman–Crippen MR) is 75.6 cm³/mol. The molecule has 2 heterocycles. The largest absolute Gasteiger partial charge is 0.355 e. The van der Waals surface area contributed by atoms with E-state index in [9.17, 15) is 9.59 Å². The molecule has 0 aliphatic carbocycles. The summed E-state index contributed by atoms with van der Waals surface area (Å²) in [5.41, 5.74) is 0.297. The van der Waals surface area contributed by atoms with Gasteiger partial charge < -0.3 is 15.5 Å². The van der Waals surface area contributed by atoms with Gasteiger partial charge in [-0.2, -0.15) is 0 Å². The standard InChI is InChI=1S/C13H17ClN4O2/c1-2-16-12(19)11-8-15-5-6-18(11)13(20)10-4-3-9(14)7-17-10/h3-4,7,11,15H,2,5-6,8H2,1H3,(H,16,19). The van der Waals surface area contributed by atoms with E-state index < -0.39 is 6.04 Å². The average molecular weight is 297 g/mol. The fraction of sp³-hybridized carbons (Fsp3) is 0.462. The van der Waals surface area contributed by atoms with Crippen LogP contribution in [0.5, 0.6) is 0 Å². The van der Waals surface area contributed by atoms with Crippen molar-refractivity contribution in [1.29, 1.82) is 0 Å². The zero-order chi connectivity index (χ0) is 14.5. The number of hydrogen-bond acceptors (Lipinski definition) is 4. The molecule has 1 unspecified atom stereocenters. The number of likely N-dealkylation sites (N-methyl/N-ethyl adjacent to an activating group) is 1. The van der Waals surface area contributed by atoms with Crippen LogP contribution in [0.15, 0.2) is 18.3 Å². The van der Waals surface area contributed by atoms with Gasteiger partial charge in [0.15, 0.2) is 0 Å². The molecule has 20 heavy (non-hydrogen) atoms. The van der Waals surface area contributed by atoms with Crippen molar-refractivity contribution in [1.82, 2.24) is 20.5 Å². The minimum Gasteiger partial charge on any atom is -0.355 e. The first-order valence-electron chi connectivity index (χ1n) is 6.54. The van der Waals surface area contributed by atoms with Gasteiger partial charge >= 0.3 is 0 Å². The molecule has 1 aliphatic heterocycles. The van der Waals surface area contributed by atoms with Gasteiger partial charge in [0.1, 0.15) is 11.7 Å². The van der Waals surface area contributed by atoms with Crippen LogP contribution >= 0.6 is 11.6 Å². The van der Waals surface area contributed by atoms with E-state index in [0.717, 1.165) is 0 Å². The number of aromatic nitrogens is 1. The summed E-state index contributed by atoms with van der Waals surface area (Å²) < 4.78 is 0. The molecular weight excluding hydrogens is 280 g/mol. The lowest BCUT2D eigenvalue weighted by Crippen LogP contribution is -2.59. The predicted octanol–water partition coefficient (Wildman–Crippen LogP) is 0.285. The number of halogens is 1. The van der Waals surface area contributed by atoms with Crippen molar-refractivity contribution in [2.45, 2.75) is 13.0 Å². The van der Waals surface area contributed by atoms with Gasteiger partial charge in [0.2, 0.25) is 5.91 Å². The van der Waals surface area contributed by atoms with E-state index >= 15 is 0 Å². The zero-order valence-electron chi connectivity index (χ0n) is 11.2. The zero-order valence-corrected chi connectivity index (χ0v) is 12.0. The Morgan fingerprint density at radius 1 is 1.55 bits per heavy atom. The van der Waals surface area contributed by atoms with Crippen LogP contribution in [0.1, 0.15) is 17.4 Å². The molecule has 0 bridgehead atoms. The smallest absolute Gasteiger partial charge is 0.273 e. The van der Waals surface area contributed by atoms with E-state index in [1.807, 2.05) is 6.92 Å². The van der Waals surface area contributed by atoms with E-state index in [2.05, 4.69) is 15.6 Å². The molecule has 1 fully saturated rings. The summed E-state index contributed by atoms with van der Waals surface area (Å²) in [4.78, 5) is 30.0. The molecule has 1 aromatic rings. The summed E-state index contributed by atoms with van der Waals surface area (Å²) >= 11 is 5.76. The molecule has 0 radical (unpaired) electrons. The number of carbonyl (C=O) groups excluding carboxylic acids is 2. The number of hydrogen-bond donors (Lipinski definition) is 2. The quantitative estimate of drug-likeness (QED) is 0.840. The van der Waals surface area contributed by atoms with Gasteiger partial charge in [-0.3, -0.25) is 9.59 Å². The molecule has 6 nitrogen and oxygen atoms in total. The fourth-order valence-corrected chi connectivity index (χ4v) is 2.23. The normalized spacial score (nSPS) is 18.7. The van der Waals surface area contributed by atoms with Gasteiger partial charge in [-0.15, -0.1) is 0 Å². The lowest BCUT2D eigenvalue weighted by molar-refractivity contribution is -0.126. The van der Waals surface area contributed by atoms with Crippen LogP contribution in [0, 0.1) is 0 Å². The second-order valence-electron chi connectivity index (χ2n) is 4.47. The Morgan fingerprint density at radius 2 is 2.35 bits per heavy atom. The summed E-state index contributed by atoms with van der Waals surface area (Å²) in [6, 6.07) is 2.68. The summed E-state index contributed by atoms with van der Waals surface area (Å²) in [6.07, 6.45) is 1.43. The molecule has 2 rings (SSSR count). The molecule has 1 aliphatic rings. The fourth-order valence-electron chi connectivity index (χ4n) is 2.12. The number of nitrogens with one attached hydrogen (secondary N) is 2. The molecule has 1 atom stereocenters. The molecule has 7 heteroatoms. The summed E-state index contributed by atoms with van der Waals surface area (Å²) in [7, 11) is 0. The third-order valence-electron chi connectivity index (χ3n) is 3.10. The lowest BCUT2D eigenvalue weighted by Gasteiger charge is -2.34. The van der Waals surface area contributed by atoms with Gasteiger partial charge in [0.05, 0.1) is 5.02 Å². The van der Waals surface area contributed by atoms with Crippen molar-refractivity contribution in [2.24, 2.45) is 0 Å². The van der Waals surface area contributed by atoms with Crippen molar-refractivity contribution in [2.75, 3.05) is 26.2 Å². The van der Waals surface area contributed by atoms with Crippen molar-refractivity contribution in [3.8, 4) is 0 Å². The van der Waals surface area contributed by atoms with Gasteiger partial charge in [-0.25, -0.2) is 4.98 Å². The number of pyridine rings is 1. The van der Waals surface area contributed by atoms with E-state index in [1.165, 1.54) is 6.20 Å². The van der Waals surface area contributed by atoms with Gasteiger partial charge in [0.25, 0.3) is 5.91 Å². The first-order chi connectivity index (χ1) is 9.63. The number of rotatable bonds is 3. The molecular formula is C13H17ClN4O2. The van der Waals surface area contributed by atoms with Gasteiger partial charge in [-0.05, 0) is 19.1 Å². The molecule has 108 valence electrons. The van der Waals surface area contributed by atoms with Gasteiger partial charge in [-0.1, -0.05) is 11.6 Å². The molecule has 2 N–H and O–H groups in total. The Hall–Kier alpha value is -1.66. The molecule has 1 aromatic heterocycles.